The number of aliphatic hydroxyl groups excluding tert-OH is 1. The maximum Gasteiger partial charge on any atom is 0.255 e. The van der Waals surface area contributed by atoms with Gasteiger partial charge in [-0.3, -0.25) is 9.59 Å². The number of phenolic OH excluding ortho intramolecular Hbond substituents is 1. The van der Waals surface area contributed by atoms with Crippen molar-refractivity contribution in [2.24, 2.45) is 0 Å². The van der Waals surface area contributed by atoms with Gasteiger partial charge in [-0.1, -0.05) is 6.92 Å². The van der Waals surface area contributed by atoms with Crippen LogP contribution in [0.4, 0.5) is 0 Å². The van der Waals surface area contributed by atoms with Gasteiger partial charge in [-0.25, -0.2) is 0 Å². The predicted molar refractivity (Wildman–Crippen MR) is 83.7 cm³/mol. The minimum Gasteiger partial charge on any atom is -0.507 e. The molecule has 0 spiro atoms. The first-order chi connectivity index (χ1) is 9.36. The Balaban J connectivity index is 2.88. The number of amides is 1. The van der Waals surface area contributed by atoms with Gasteiger partial charge in [0.15, 0.2) is 5.78 Å². The Kier molecular flexibility index (Phi) is 6.41. The fourth-order valence-electron chi connectivity index (χ4n) is 1.79. The molecule has 0 saturated heterocycles. The molecule has 0 bridgehead atoms. The lowest BCUT2D eigenvalue weighted by molar-refractivity contribution is -0.123. The van der Waals surface area contributed by atoms with Gasteiger partial charge < -0.3 is 15.5 Å². The number of hydrogen-bond donors (Lipinski definition) is 3. The van der Waals surface area contributed by atoms with Crippen molar-refractivity contribution >= 4 is 34.3 Å². The summed E-state index contributed by atoms with van der Waals surface area (Å²) in [5, 5.41) is 21.8. The molecular formula is C14H18INO4. The van der Waals surface area contributed by atoms with E-state index >= 15 is 0 Å². The highest BCUT2D eigenvalue weighted by atomic mass is 127. The fourth-order valence-corrected chi connectivity index (χ4v) is 2.26. The van der Waals surface area contributed by atoms with E-state index in [2.05, 4.69) is 5.32 Å². The first-order valence-electron chi connectivity index (χ1n) is 6.37. The molecule has 0 aliphatic carbocycles. The van der Waals surface area contributed by atoms with Crippen LogP contribution in [0.25, 0.3) is 0 Å². The summed E-state index contributed by atoms with van der Waals surface area (Å²) in [7, 11) is 0. The average molecular weight is 391 g/mol. The van der Waals surface area contributed by atoms with Gasteiger partial charge >= 0.3 is 0 Å². The van der Waals surface area contributed by atoms with Crippen LogP contribution in [0.3, 0.4) is 0 Å². The molecule has 1 aromatic carbocycles. The number of hydrogen-bond acceptors (Lipinski definition) is 4. The Hall–Kier alpha value is -1.15. The lowest BCUT2D eigenvalue weighted by atomic mass is 10.0. The lowest BCUT2D eigenvalue weighted by Gasteiger charge is -2.20. The van der Waals surface area contributed by atoms with Crippen LogP contribution in [-0.2, 0) is 4.79 Å². The molecule has 0 aromatic heterocycles. The SMILES string of the molecule is CCCC(=O)[C@H](NC(=O)c1ccc(I)cc1O)[C@H](C)O. The number of ketones is 1. The van der Waals surface area contributed by atoms with Crippen LogP contribution in [0.5, 0.6) is 5.75 Å². The van der Waals surface area contributed by atoms with E-state index in [-0.39, 0.29) is 23.5 Å². The molecule has 0 radical (unpaired) electrons. The monoisotopic (exact) mass is 391 g/mol. The number of Topliss-reactive ketones (excluding diaryl/α,β-unsaturated/α-hetero) is 1. The fraction of sp³-hybridized carbons (Fsp3) is 0.429. The molecule has 0 aliphatic rings. The van der Waals surface area contributed by atoms with E-state index in [9.17, 15) is 19.8 Å². The van der Waals surface area contributed by atoms with Crippen molar-refractivity contribution in [3.63, 3.8) is 0 Å². The molecule has 3 N–H and O–H groups in total. The van der Waals surface area contributed by atoms with Gasteiger partial charge in [0, 0.05) is 9.99 Å². The molecule has 0 heterocycles. The number of benzene rings is 1. The van der Waals surface area contributed by atoms with E-state index < -0.39 is 18.1 Å². The van der Waals surface area contributed by atoms with Crippen LogP contribution in [0, 0.1) is 3.57 Å². The molecule has 20 heavy (non-hydrogen) atoms. The molecule has 0 fully saturated rings. The first kappa shape index (κ1) is 16.9. The summed E-state index contributed by atoms with van der Waals surface area (Å²) in [5.41, 5.74) is 0.0837. The first-order valence-corrected chi connectivity index (χ1v) is 7.44. The van der Waals surface area contributed by atoms with Crippen LogP contribution in [-0.4, -0.2) is 34.0 Å². The third-order valence-electron chi connectivity index (χ3n) is 2.82. The van der Waals surface area contributed by atoms with E-state index in [0.717, 1.165) is 3.57 Å². The maximum absolute atomic E-state index is 12.1. The molecule has 0 unspecified atom stereocenters. The Morgan fingerprint density at radius 3 is 2.55 bits per heavy atom. The van der Waals surface area contributed by atoms with Crippen molar-refractivity contribution in [1.29, 1.82) is 0 Å². The topological polar surface area (TPSA) is 86.6 Å². The van der Waals surface area contributed by atoms with E-state index in [4.69, 9.17) is 0 Å². The molecule has 1 aromatic rings. The van der Waals surface area contributed by atoms with Crippen LogP contribution >= 0.6 is 22.6 Å². The number of carbonyl (C=O) groups is 2. The molecule has 5 nitrogen and oxygen atoms in total. The number of nitrogens with one attached hydrogen (secondary N) is 1. The van der Waals surface area contributed by atoms with Gasteiger partial charge in [0.25, 0.3) is 5.91 Å². The normalized spacial score (nSPS) is 13.6. The number of aromatic hydroxyl groups is 1. The number of halogens is 1. The number of phenols is 1. The summed E-state index contributed by atoms with van der Waals surface area (Å²) >= 11 is 2.02. The second kappa shape index (κ2) is 7.58. The van der Waals surface area contributed by atoms with Crippen molar-refractivity contribution < 1.29 is 19.8 Å². The van der Waals surface area contributed by atoms with Crippen molar-refractivity contribution in [2.75, 3.05) is 0 Å². The average Bonchev–Trinajstić information content (AvgIpc) is 2.35. The number of carbonyl (C=O) groups excluding carboxylic acids is 2. The molecule has 0 saturated carbocycles. The molecule has 1 amide bonds. The molecule has 110 valence electrons. The van der Waals surface area contributed by atoms with Crippen molar-refractivity contribution in [1.82, 2.24) is 5.32 Å². The van der Waals surface area contributed by atoms with Gasteiger partial charge in [-0.05, 0) is 54.1 Å². The molecular weight excluding hydrogens is 373 g/mol. The summed E-state index contributed by atoms with van der Waals surface area (Å²) in [6, 6.07) is 3.66. The third-order valence-corrected chi connectivity index (χ3v) is 3.49. The van der Waals surface area contributed by atoms with Crippen LogP contribution in [0.1, 0.15) is 37.0 Å². The summed E-state index contributed by atoms with van der Waals surface area (Å²) in [4.78, 5) is 23.9. The van der Waals surface area contributed by atoms with Crippen LogP contribution in [0.2, 0.25) is 0 Å². The van der Waals surface area contributed by atoms with Gasteiger partial charge in [0.2, 0.25) is 0 Å². The van der Waals surface area contributed by atoms with Crippen molar-refractivity contribution in [3.05, 3.63) is 27.3 Å². The van der Waals surface area contributed by atoms with Gasteiger partial charge in [0.1, 0.15) is 11.8 Å². The largest absolute Gasteiger partial charge is 0.507 e. The van der Waals surface area contributed by atoms with E-state index in [0.29, 0.717) is 6.42 Å². The van der Waals surface area contributed by atoms with Gasteiger partial charge in [-0.2, -0.15) is 0 Å². The molecule has 6 heteroatoms. The van der Waals surface area contributed by atoms with Gasteiger partial charge in [0.05, 0.1) is 11.7 Å². The lowest BCUT2D eigenvalue weighted by Crippen LogP contribution is -2.47. The summed E-state index contributed by atoms with van der Waals surface area (Å²) < 4.78 is 0.797. The third kappa shape index (κ3) is 4.45. The smallest absolute Gasteiger partial charge is 0.255 e. The standard InChI is InChI=1S/C14H18INO4/c1-3-4-11(18)13(8(2)17)16-14(20)10-6-5-9(15)7-12(10)19/h5-8,13,17,19H,3-4H2,1-2H3,(H,16,20)/t8-,13+/m0/s1. The summed E-state index contributed by atoms with van der Waals surface area (Å²) in [6.45, 7) is 3.30. The molecule has 0 aliphatic heterocycles. The molecule has 1 rings (SSSR count). The summed E-state index contributed by atoms with van der Waals surface area (Å²) in [6.07, 6.45) is -0.0506. The minimum absolute atomic E-state index is 0.0837. The highest BCUT2D eigenvalue weighted by Crippen LogP contribution is 2.20. The van der Waals surface area contributed by atoms with Crippen molar-refractivity contribution in [2.45, 2.75) is 38.8 Å². The zero-order valence-corrected chi connectivity index (χ0v) is 13.5. The molecule has 2 atom stereocenters. The Morgan fingerprint density at radius 2 is 2.05 bits per heavy atom. The van der Waals surface area contributed by atoms with Crippen LogP contribution in [0.15, 0.2) is 18.2 Å². The highest BCUT2D eigenvalue weighted by Gasteiger charge is 2.25. The van der Waals surface area contributed by atoms with Crippen LogP contribution < -0.4 is 5.32 Å². The predicted octanol–water partition coefficient (Wildman–Crippen LogP) is 1.85. The van der Waals surface area contributed by atoms with E-state index in [1.807, 2.05) is 29.5 Å². The quantitative estimate of drug-likeness (QED) is 0.646. The Bertz CT molecular complexity index is 502. The second-order valence-electron chi connectivity index (χ2n) is 4.57. The van der Waals surface area contributed by atoms with E-state index in [1.165, 1.54) is 19.1 Å². The Morgan fingerprint density at radius 1 is 1.40 bits per heavy atom. The Labute approximate surface area is 131 Å². The maximum atomic E-state index is 12.1. The van der Waals surface area contributed by atoms with E-state index in [1.54, 1.807) is 6.07 Å². The van der Waals surface area contributed by atoms with Gasteiger partial charge in [-0.15, -0.1) is 0 Å². The number of aliphatic hydroxyl groups is 1. The number of rotatable bonds is 6. The van der Waals surface area contributed by atoms with Crippen molar-refractivity contribution in [3.8, 4) is 5.75 Å². The second-order valence-corrected chi connectivity index (χ2v) is 5.82. The zero-order chi connectivity index (χ0) is 15.3. The highest BCUT2D eigenvalue weighted by molar-refractivity contribution is 14.1. The zero-order valence-electron chi connectivity index (χ0n) is 11.4. The summed E-state index contributed by atoms with van der Waals surface area (Å²) in [5.74, 6) is -0.947. The minimum atomic E-state index is -0.982.